The third-order valence-electron chi connectivity index (χ3n) is 3.75. The molecule has 3 rings (SSSR count). The van der Waals surface area contributed by atoms with Gasteiger partial charge in [-0.15, -0.1) is 0 Å². The van der Waals surface area contributed by atoms with Gasteiger partial charge in [-0.3, -0.25) is 0 Å². The van der Waals surface area contributed by atoms with Crippen molar-refractivity contribution in [2.45, 2.75) is 25.7 Å². The lowest BCUT2D eigenvalue weighted by atomic mass is 9.95. The molecule has 1 aromatic heterocycles. The lowest BCUT2D eigenvalue weighted by Crippen LogP contribution is -2.29. The summed E-state index contributed by atoms with van der Waals surface area (Å²) in [6, 6.07) is 4.59. The molecule has 1 saturated heterocycles. The van der Waals surface area contributed by atoms with E-state index in [9.17, 15) is 4.39 Å². The molecular formula is C15H17BrFN3O. The van der Waals surface area contributed by atoms with Gasteiger partial charge in [-0.05, 0) is 56.5 Å². The molecule has 1 atom stereocenters. The molecule has 21 heavy (non-hydrogen) atoms. The fourth-order valence-corrected chi connectivity index (χ4v) is 3.12. The molecule has 1 aromatic carbocycles. The average Bonchev–Trinajstić information content (AvgIpc) is 2.94. The number of nitrogens with one attached hydrogen (secondary N) is 1. The number of aryl methyl sites for hydroxylation is 1. The third kappa shape index (κ3) is 3.89. The molecule has 6 heteroatoms. The van der Waals surface area contributed by atoms with Crippen molar-refractivity contribution >= 4 is 15.9 Å². The van der Waals surface area contributed by atoms with E-state index in [1.54, 1.807) is 6.07 Å². The third-order valence-corrected chi connectivity index (χ3v) is 4.21. The molecule has 4 nitrogen and oxygen atoms in total. The minimum atomic E-state index is -0.320. The molecule has 112 valence electrons. The number of aromatic nitrogens is 2. The number of halogens is 2. The fourth-order valence-electron chi connectivity index (χ4n) is 2.65. The van der Waals surface area contributed by atoms with Gasteiger partial charge in [0.1, 0.15) is 5.82 Å². The normalized spacial score (nSPS) is 18.9. The van der Waals surface area contributed by atoms with Gasteiger partial charge in [0.25, 0.3) is 0 Å². The van der Waals surface area contributed by atoms with Gasteiger partial charge in [0.15, 0.2) is 0 Å². The highest BCUT2D eigenvalue weighted by Crippen LogP contribution is 2.23. The van der Waals surface area contributed by atoms with Crippen LogP contribution in [-0.4, -0.2) is 23.2 Å². The Morgan fingerprint density at radius 1 is 1.38 bits per heavy atom. The number of rotatable bonds is 4. The summed E-state index contributed by atoms with van der Waals surface area (Å²) in [7, 11) is 0. The molecule has 1 N–H and O–H groups in total. The summed E-state index contributed by atoms with van der Waals surface area (Å²) in [6.07, 6.45) is 4.30. The Balaban J connectivity index is 1.65. The highest BCUT2D eigenvalue weighted by atomic mass is 79.9. The summed E-state index contributed by atoms with van der Waals surface area (Å²) in [5.41, 5.74) is 0.621. The largest absolute Gasteiger partial charge is 0.339 e. The van der Waals surface area contributed by atoms with Crippen LogP contribution in [0.25, 0.3) is 11.4 Å². The first-order chi connectivity index (χ1) is 10.2. The van der Waals surface area contributed by atoms with Crippen LogP contribution in [0.4, 0.5) is 4.39 Å². The molecular weight excluding hydrogens is 337 g/mol. The van der Waals surface area contributed by atoms with E-state index in [1.165, 1.54) is 25.0 Å². The van der Waals surface area contributed by atoms with E-state index >= 15 is 0 Å². The molecule has 0 amide bonds. The molecule has 2 heterocycles. The number of piperidine rings is 1. The van der Waals surface area contributed by atoms with Gasteiger partial charge in [0.05, 0.1) is 0 Å². The molecule has 1 aliphatic rings. The van der Waals surface area contributed by atoms with Crippen LogP contribution in [0, 0.1) is 11.7 Å². The van der Waals surface area contributed by atoms with Gasteiger partial charge in [-0.2, -0.15) is 4.98 Å². The summed E-state index contributed by atoms with van der Waals surface area (Å²) < 4.78 is 19.3. The van der Waals surface area contributed by atoms with Crippen molar-refractivity contribution in [2.75, 3.05) is 13.1 Å². The molecule has 1 aliphatic heterocycles. The molecule has 0 aliphatic carbocycles. The number of hydrogen-bond acceptors (Lipinski definition) is 4. The average molecular weight is 354 g/mol. The first kappa shape index (κ1) is 14.7. The second-order valence-electron chi connectivity index (χ2n) is 5.42. The minimum absolute atomic E-state index is 0.320. The van der Waals surface area contributed by atoms with Crippen LogP contribution in [0.15, 0.2) is 27.2 Å². The van der Waals surface area contributed by atoms with Crippen LogP contribution in [0.2, 0.25) is 0 Å². The summed E-state index contributed by atoms with van der Waals surface area (Å²) in [5.74, 6) is 1.42. The Bertz CT molecular complexity index is 590. The van der Waals surface area contributed by atoms with E-state index in [4.69, 9.17) is 4.52 Å². The van der Waals surface area contributed by atoms with E-state index in [0.717, 1.165) is 25.9 Å². The Hall–Kier alpha value is -1.27. The van der Waals surface area contributed by atoms with E-state index in [0.29, 0.717) is 27.7 Å². The first-order valence-corrected chi connectivity index (χ1v) is 8.00. The molecule has 0 bridgehead atoms. The maximum absolute atomic E-state index is 13.4. The smallest absolute Gasteiger partial charge is 0.226 e. The van der Waals surface area contributed by atoms with E-state index in [2.05, 4.69) is 31.4 Å². The number of hydrogen-bond donors (Lipinski definition) is 1. The maximum Gasteiger partial charge on any atom is 0.226 e. The maximum atomic E-state index is 13.4. The first-order valence-electron chi connectivity index (χ1n) is 7.20. The second-order valence-corrected chi connectivity index (χ2v) is 6.34. The topological polar surface area (TPSA) is 51.0 Å². The standard InChI is InChI=1S/C15H17BrFN3O/c16-12-6-11(7-13(17)8-12)15-19-14(21-20-15)4-3-10-2-1-5-18-9-10/h6-8,10,18H,1-5,9H2. The van der Waals surface area contributed by atoms with Crippen LogP contribution >= 0.6 is 15.9 Å². The Kier molecular flexibility index (Phi) is 4.65. The van der Waals surface area contributed by atoms with Gasteiger partial charge in [-0.25, -0.2) is 4.39 Å². The van der Waals surface area contributed by atoms with Gasteiger partial charge in [0.2, 0.25) is 11.7 Å². The van der Waals surface area contributed by atoms with Crippen molar-refractivity contribution in [3.05, 3.63) is 34.4 Å². The number of nitrogens with zero attached hydrogens (tertiary/aromatic N) is 2. The van der Waals surface area contributed by atoms with E-state index in [1.807, 2.05) is 0 Å². The second kappa shape index (κ2) is 6.66. The molecule has 1 unspecified atom stereocenters. The highest BCUT2D eigenvalue weighted by molar-refractivity contribution is 9.10. The Morgan fingerprint density at radius 3 is 3.05 bits per heavy atom. The molecule has 0 saturated carbocycles. The van der Waals surface area contributed by atoms with E-state index in [-0.39, 0.29) is 5.82 Å². The lowest BCUT2D eigenvalue weighted by Gasteiger charge is -2.21. The molecule has 2 aromatic rings. The van der Waals surface area contributed by atoms with Crippen molar-refractivity contribution in [3.63, 3.8) is 0 Å². The van der Waals surface area contributed by atoms with Gasteiger partial charge < -0.3 is 9.84 Å². The van der Waals surface area contributed by atoms with E-state index < -0.39 is 0 Å². The van der Waals surface area contributed by atoms with Crippen LogP contribution < -0.4 is 5.32 Å². The quantitative estimate of drug-likeness (QED) is 0.912. The van der Waals surface area contributed by atoms with Crippen molar-refractivity contribution < 1.29 is 8.91 Å². The van der Waals surface area contributed by atoms with Crippen molar-refractivity contribution in [1.82, 2.24) is 15.5 Å². The Labute approximate surface area is 131 Å². The van der Waals surface area contributed by atoms with Gasteiger partial charge >= 0.3 is 0 Å². The van der Waals surface area contributed by atoms with Gasteiger partial charge in [-0.1, -0.05) is 21.1 Å². The zero-order chi connectivity index (χ0) is 14.7. The zero-order valence-electron chi connectivity index (χ0n) is 11.6. The fraction of sp³-hybridized carbons (Fsp3) is 0.467. The summed E-state index contributed by atoms with van der Waals surface area (Å²) in [5, 5.41) is 7.34. The lowest BCUT2D eigenvalue weighted by molar-refractivity contribution is 0.327. The van der Waals surface area contributed by atoms with Crippen LogP contribution in [-0.2, 0) is 6.42 Å². The molecule has 0 spiro atoms. The molecule has 0 radical (unpaired) electrons. The summed E-state index contributed by atoms with van der Waals surface area (Å²) >= 11 is 3.27. The number of benzene rings is 1. The minimum Gasteiger partial charge on any atom is -0.339 e. The Morgan fingerprint density at radius 2 is 2.29 bits per heavy atom. The van der Waals surface area contributed by atoms with Crippen LogP contribution in [0.3, 0.4) is 0 Å². The summed E-state index contributed by atoms with van der Waals surface area (Å²) in [6.45, 7) is 2.19. The predicted molar refractivity (Wildman–Crippen MR) is 81.3 cm³/mol. The SMILES string of the molecule is Fc1cc(Br)cc(-c2noc(CCC3CCCNC3)n2)c1. The van der Waals surface area contributed by atoms with Crippen LogP contribution in [0.1, 0.15) is 25.2 Å². The zero-order valence-corrected chi connectivity index (χ0v) is 13.2. The monoisotopic (exact) mass is 353 g/mol. The van der Waals surface area contributed by atoms with Crippen molar-refractivity contribution in [2.24, 2.45) is 5.92 Å². The van der Waals surface area contributed by atoms with Gasteiger partial charge in [0, 0.05) is 16.5 Å². The van der Waals surface area contributed by atoms with Crippen molar-refractivity contribution in [3.8, 4) is 11.4 Å². The molecule has 1 fully saturated rings. The van der Waals surface area contributed by atoms with Crippen molar-refractivity contribution in [1.29, 1.82) is 0 Å². The summed E-state index contributed by atoms with van der Waals surface area (Å²) in [4.78, 5) is 4.36. The highest BCUT2D eigenvalue weighted by Gasteiger charge is 2.15. The van der Waals surface area contributed by atoms with Crippen LogP contribution in [0.5, 0.6) is 0 Å². The predicted octanol–water partition coefficient (Wildman–Crippen LogP) is 3.57.